The van der Waals surface area contributed by atoms with Gasteiger partial charge < -0.3 is 10.6 Å². The Balaban J connectivity index is 1.74. The van der Waals surface area contributed by atoms with E-state index >= 15 is 0 Å². The number of nitrogens with one attached hydrogen (secondary N) is 2. The molecule has 1 atom stereocenters. The fourth-order valence-electron chi connectivity index (χ4n) is 3.50. The highest BCUT2D eigenvalue weighted by atomic mass is 35.5. The van der Waals surface area contributed by atoms with Crippen LogP contribution in [0, 0.1) is 5.92 Å². The van der Waals surface area contributed by atoms with Crippen LogP contribution in [-0.2, 0) is 14.8 Å². The van der Waals surface area contributed by atoms with Crippen LogP contribution in [0.4, 0.5) is 5.69 Å². The average molecular weight is 464 g/mol. The van der Waals surface area contributed by atoms with Crippen LogP contribution < -0.4 is 10.6 Å². The first kappa shape index (κ1) is 23.2. The van der Waals surface area contributed by atoms with Crippen LogP contribution in [0.1, 0.15) is 37.0 Å². The van der Waals surface area contributed by atoms with Crippen LogP contribution in [-0.4, -0.2) is 43.7 Å². The molecule has 1 aliphatic rings. The second kappa shape index (κ2) is 9.80. The molecule has 0 spiro atoms. The molecular weight excluding hydrogens is 438 g/mol. The highest BCUT2D eigenvalue weighted by molar-refractivity contribution is 7.89. The summed E-state index contributed by atoms with van der Waals surface area (Å²) in [5, 5.41) is 6.08. The first-order chi connectivity index (χ1) is 14.7. The molecule has 0 aliphatic carbocycles. The van der Waals surface area contributed by atoms with Gasteiger partial charge in [-0.25, -0.2) is 8.42 Å². The van der Waals surface area contributed by atoms with Crippen LogP contribution in [0.5, 0.6) is 0 Å². The van der Waals surface area contributed by atoms with Crippen molar-refractivity contribution >= 4 is 39.1 Å². The number of para-hydroxylation sites is 1. The van der Waals surface area contributed by atoms with Crippen molar-refractivity contribution in [3.05, 3.63) is 59.1 Å². The maximum atomic E-state index is 13.0. The van der Waals surface area contributed by atoms with E-state index in [2.05, 4.69) is 10.6 Å². The van der Waals surface area contributed by atoms with E-state index in [-0.39, 0.29) is 29.3 Å². The van der Waals surface area contributed by atoms with Crippen molar-refractivity contribution in [2.24, 2.45) is 5.92 Å². The van der Waals surface area contributed by atoms with Gasteiger partial charge in [0.2, 0.25) is 15.9 Å². The lowest BCUT2D eigenvalue weighted by Crippen LogP contribution is -2.43. The zero-order valence-electron chi connectivity index (χ0n) is 17.5. The third kappa shape index (κ3) is 5.64. The minimum absolute atomic E-state index is 0.0405. The monoisotopic (exact) mass is 463 g/mol. The summed E-state index contributed by atoms with van der Waals surface area (Å²) < 4.78 is 27.3. The Hall–Kier alpha value is -2.42. The van der Waals surface area contributed by atoms with E-state index in [1.54, 1.807) is 24.3 Å². The van der Waals surface area contributed by atoms with Crippen LogP contribution in [0.15, 0.2) is 53.4 Å². The topological polar surface area (TPSA) is 95.6 Å². The van der Waals surface area contributed by atoms with E-state index in [0.717, 1.165) is 0 Å². The molecule has 1 aliphatic heterocycles. The zero-order chi connectivity index (χ0) is 22.6. The Morgan fingerprint density at radius 2 is 1.77 bits per heavy atom. The number of sulfonamides is 1. The van der Waals surface area contributed by atoms with Crippen molar-refractivity contribution < 1.29 is 18.0 Å². The maximum Gasteiger partial charge on any atom is 0.253 e. The van der Waals surface area contributed by atoms with Gasteiger partial charge in [-0.05, 0) is 63.1 Å². The number of rotatable bonds is 6. The molecule has 31 heavy (non-hydrogen) atoms. The standard InChI is InChI=1S/C22H26ClN3O4S/c1-15(2)24-22(28)19-7-3-4-8-20(19)25-21(27)16-6-5-13-26(14-16)31(29,30)18-11-9-17(23)10-12-18/h3-4,7-12,15-16H,5-6,13-14H2,1-2H3,(H,24,28)(H,25,27). The number of hydrogen-bond donors (Lipinski definition) is 2. The molecule has 0 saturated carbocycles. The van der Waals surface area contributed by atoms with Crippen LogP contribution in [0.3, 0.4) is 0 Å². The third-order valence-electron chi connectivity index (χ3n) is 5.06. The second-order valence-corrected chi connectivity index (χ2v) is 10.2. The summed E-state index contributed by atoms with van der Waals surface area (Å²) in [4.78, 5) is 25.5. The Labute approximate surface area is 187 Å². The SMILES string of the molecule is CC(C)NC(=O)c1ccccc1NC(=O)C1CCCN(S(=O)(=O)c2ccc(Cl)cc2)C1. The molecule has 0 aromatic heterocycles. The number of carbonyl (C=O) groups excluding carboxylic acids is 2. The van der Waals surface area contributed by atoms with Crippen molar-refractivity contribution in [1.29, 1.82) is 0 Å². The molecule has 3 rings (SSSR count). The van der Waals surface area contributed by atoms with Crippen LogP contribution in [0.2, 0.25) is 5.02 Å². The van der Waals surface area contributed by atoms with Gasteiger partial charge in [0.25, 0.3) is 5.91 Å². The molecule has 1 fully saturated rings. The first-order valence-electron chi connectivity index (χ1n) is 10.1. The molecule has 2 aromatic rings. The fourth-order valence-corrected chi connectivity index (χ4v) is 5.15. The number of piperidine rings is 1. The molecule has 1 saturated heterocycles. The smallest absolute Gasteiger partial charge is 0.253 e. The predicted molar refractivity (Wildman–Crippen MR) is 121 cm³/mol. The highest BCUT2D eigenvalue weighted by Gasteiger charge is 2.33. The minimum Gasteiger partial charge on any atom is -0.350 e. The van der Waals surface area contributed by atoms with Crippen LogP contribution >= 0.6 is 11.6 Å². The maximum absolute atomic E-state index is 13.0. The van der Waals surface area contributed by atoms with E-state index in [1.807, 2.05) is 13.8 Å². The van der Waals surface area contributed by atoms with Gasteiger partial charge in [0, 0.05) is 24.2 Å². The number of nitrogens with zero attached hydrogens (tertiary/aromatic N) is 1. The number of halogens is 1. The van der Waals surface area contributed by atoms with Crippen molar-refractivity contribution in [2.75, 3.05) is 18.4 Å². The van der Waals surface area contributed by atoms with Crippen molar-refractivity contribution in [3.63, 3.8) is 0 Å². The number of amides is 2. The van der Waals surface area contributed by atoms with E-state index in [9.17, 15) is 18.0 Å². The number of hydrogen-bond acceptors (Lipinski definition) is 4. The quantitative estimate of drug-likeness (QED) is 0.685. The van der Waals surface area contributed by atoms with Gasteiger partial charge in [0.1, 0.15) is 0 Å². The van der Waals surface area contributed by atoms with E-state index in [4.69, 9.17) is 11.6 Å². The molecule has 166 valence electrons. The first-order valence-corrected chi connectivity index (χ1v) is 12.0. The van der Waals surface area contributed by atoms with Gasteiger partial charge in [-0.3, -0.25) is 9.59 Å². The van der Waals surface area contributed by atoms with Crippen molar-refractivity contribution in [2.45, 2.75) is 37.6 Å². The Morgan fingerprint density at radius 1 is 1.10 bits per heavy atom. The summed E-state index contributed by atoms with van der Waals surface area (Å²) in [7, 11) is -3.72. The molecule has 9 heteroatoms. The summed E-state index contributed by atoms with van der Waals surface area (Å²) in [5.74, 6) is -1.10. The molecule has 2 amide bonds. The highest BCUT2D eigenvalue weighted by Crippen LogP contribution is 2.26. The van der Waals surface area contributed by atoms with E-state index in [1.165, 1.54) is 28.6 Å². The molecule has 2 N–H and O–H groups in total. The number of benzene rings is 2. The Kier molecular flexibility index (Phi) is 7.35. The third-order valence-corrected chi connectivity index (χ3v) is 7.19. The summed E-state index contributed by atoms with van der Waals surface area (Å²) in [6, 6.07) is 12.7. The lowest BCUT2D eigenvalue weighted by atomic mass is 9.98. The van der Waals surface area contributed by atoms with Gasteiger partial charge in [-0.2, -0.15) is 4.31 Å². The molecule has 0 bridgehead atoms. The van der Waals surface area contributed by atoms with Gasteiger partial charge >= 0.3 is 0 Å². The largest absolute Gasteiger partial charge is 0.350 e. The van der Waals surface area contributed by atoms with E-state index in [0.29, 0.717) is 35.7 Å². The normalized spacial score (nSPS) is 17.4. The average Bonchev–Trinajstić information content (AvgIpc) is 2.74. The molecular formula is C22H26ClN3O4S. The fraction of sp³-hybridized carbons (Fsp3) is 0.364. The Morgan fingerprint density at radius 3 is 2.45 bits per heavy atom. The van der Waals surface area contributed by atoms with Crippen molar-refractivity contribution in [3.8, 4) is 0 Å². The lowest BCUT2D eigenvalue weighted by molar-refractivity contribution is -0.120. The minimum atomic E-state index is -3.72. The van der Waals surface area contributed by atoms with Gasteiger partial charge in [0.05, 0.1) is 22.1 Å². The molecule has 1 heterocycles. The molecule has 0 radical (unpaired) electrons. The number of carbonyl (C=O) groups is 2. The van der Waals surface area contributed by atoms with Crippen LogP contribution in [0.25, 0.3) is 0 Å². The van der Waals surface area contributed by atoms with E-state index < -0.39 is 15.9 Å². The van der Waals surface area contributed by atoms with Crippen molar-refractivity contribution in [1.82, 2.24) is 9.62 Å². The lowest BCUT2D eigenvalue weighted by Gasteiger charge is -2.31. The molecule has 7 nitrogen and oxygen atoms in total. The summed E-state index contributed by atoms with van der Waals surface area (Å²) in [5.41, 5.74) is 0.773. The molecule has 2 aromatic carbocycles. The van der Waals surface area contributed by atoms with Gasteiger partial charge in [-0.15, -0.1) is 0 Å². The summed E-state index contributed by atoms with van der Waals surface area (Å²) in [6.07, 6.45) is 1.14. The molecule has 1 unspecified atom stereocenters. The Bertz CT molecular complexity index is 1050. The zero-order valence-corrected chi connectivity index (χ0v) is 19.0. The number of anilines is 1. The van der Waals surface area contributed by atoms with Gasteiger partial charge in [0.15, 0.2) is 0 Å². The second-order valence-electron chi connectivity index (χ2n) is 7.82. The van der Waals surface area contributed by atoms with Gasteiger partial charge in [-0.1, -0.05) is 23.7 Å². The predicted octanol–water partition coefficient (Wildman–Crippen LogP) is 3.52. The summed E-state index contributed by atoms with van der Waals surface area (Å²) in [6.45, 7) is 4.15. The summed E-state index contributed by atoms with van der Waals surface area (Å²) >= 11 is 5.86.